The number of nitrogens with zero attached hydrogens (tertiary/aromatic N) is 1. The molecule has 0 aromatic carbocycles. The van der Waals surface area contributed by atoms with Crippen LogP contribution in [0.4, 0.5) is 5.69 Å². The highest BCUT2D eigenvalue weighted by atomic mass is 16.4. The summed E-state index contributed by atoms with van der Waals surface area (Å²) in [5, 5.41) is 17.1. The Bertz CT molecular complexity index is 389. The standard InChI is InChI=1S/C8H8N2O4/c9-6-1-2-10(4-7(11)12)3-5(6)8(13)14/h1-3,9H,4H2,(H2,11,12,13,14)/p+1. The summed E-state index contributed by atoms with van der Waals surface area (Å²) < 4.78 is 1.24. The van der Waals surface area contributed by atoms with Gasteiger partial charge in [0.25, 0.3) is 0 Å². The van der Waals surface area contributed by atoms with E-state index in [2.05, 4.69) is 0 Å². The average molecular weight is 197 g/mol. The fourth-order valence-electron chi connectivity index (χ4n) is 0.982. The number of aromatic carboxylic acids is 1. The van der Waals surface area contributed by atoms with E-state index in [1.165, 1.54) is 23.0 Å². The molecule has 0 saturated carbocycles. The molecule has 1 aromatic rings. The second-order valence-electron chi connectivity index (χ2n) is 2.69. The quantitative estimate of drug-likeness (QED) is 0.558. The third kappa shape index (κ3) is 2.19. The van der Waals surface area contributed by atoms with Crippen molar-refractivity contribution in [3.8, 4) is 0 Å². The Morgan fingerprint density at radius 2 is 2.07 bits per heavy atom. The molecule has 0 atom stereocenters. The average Bonchev–Trinajstić information content (AvgIpc) is 2.07. The van der Waals surface area contributed by atoms with Gasteiger partial charge in [0.15, 0.2) is 12.4 Å². The van der Waals surface area contributed by atoms with Gasteiger partial charge in [-0.15, -0.1) is 0 Å². The number of nitrogen functional groups attached to an aromatic ring is 1. The Kier molecular flexibility index (Phi) is 2.66. The van der Waals surface area contributed by atoms with Gasteiger partial charge in [-0.25, -0.2) is 9.59 Å². The van der Waals surface area contributed by atoms with Crippen LogP contribution in [0.1, 0.15) is 10.4 Å². The van der Waals surface area contributed by atoms with E-state index in [0.29, 0.717) is 0 Å². The van der Waals surface area contributed by atoms with Gasteiger partial charge in [0, 0.05) is 6.07 Å². The molecular weight excluding hydrogens is 188 g/mol. The van der Waals surface area contributed by atoms with Gasteiger partial charge in [0.05, 0.1) is 5.69 Å². The maximum atomic E-state index is 10.6. The first kappa shape index (κ1) is 9.97. The molecule has 0 amide bonds. The molecule has 0 aliphatic carbocycles. The summed E-state index contributed by atoms with van der Waals surface area (Å²) in [5.74, 6) is -2.22. The van der Waals surface area contributed by atoms with Crippen LogP contribution in [0.25, 0.3) is 0 Å². The highest BCUT2D eigenvalue weighted by molar-refractivity contribution is 5.92. The van der Waals surface area contributed by atoms with Crippen LogP contribution in [0.2, 0.25) is 0 Å². The third-order valence-electron chi connectivity index (χ3n) is 1.60. The lowest BCUT2D eigenvalue weighted by Gasteiger charge is -1.98. The van der Waals surface area contributed by atoms with E-state index in [1.54, 1.807) is 0 Å². The van der Waals surface area contributed by atoms with Crippen LogP contribution in [0, 0.1) is 0 Å². The van der Waals surface area contributed by atoms with E-state index < -0.39 is 11.9 Å². The predicted molar refractivity (Wildman–Crippen MR) is 45.6 cm³/mol. The number of hydrogen-bond donors (Lipinski definition) is 3. The van der Waals surface area contributed by atoms with E-state index in [9.17, 15) is 9.59 Å². The zero-order valence-corrected chi connectivity index (χ0v) is 7.17. The van der Waals surface area contributed by atoms with Crippen molar-refractivity contribution in [3.05, 3.63) is 24.0 Å². The molecule has 0 spiro atoms. The summed E-state index contributed by atoms with van der Waals surface area (Å²) in [4.78, 5) is 21.0. The van der Waals surface area contributed by atoms with Crippen molar-refractivity contribution < 1.29 is 24.4 Å². The molecule has 0 fully saturated rings. The molecule has 0 aliphatic rings. The molecule has 14 heavy (non-hydrogen) atoms. The van der Waals surface area contributed by atoms with Gasteiger partial charge in [-0.2, -0.15) is 4.57 Å². The Morgan fingerprint density at radius 1 is 1.43 bits per heavy atom. The molecule has 0 unspecified atom stereocenters. The van der Waals surface area contributed by atoms with Crippen LogP contribution in [-0.4, -0.2) is 22.2 Å². The molecule has 4 N–H and O–H groups in total. The Balaban J connectivity index is 3.06. The normalized spacial score (nSPS) is 9.71. The number of carboxylic acid groups (broad SMARTS) is 2. The molecule has 0 saturated heterocycles. The maximum absolute atomic E-state index is 10.6. The molecule has 6 nitrogen and oxygen atoms in total. The van der Waals surface area contributed by atoms with Gasteiger partial charge in [0.1, 0.15) is 5.56 Å². The number of aromatic nitrogens is 1. The van der Waals surface area contributed by atoms with Crippen molar-refractivity contribution in [2.45, 2.75) is 6.54 Å². The van der Waals surface area contributed by atoms with E-state index >= 15 is 0 Å². The van der Waals surface area contributed by atoms with Gasteiger partial charge in [0.2, 0.25) is 6.54 Å². The molecule has 1 heterocycles. The molecule has 0 radical (unpaired) electrons. The number of carbonyl (C=O) groups is 2. The number of aliphatic carboxylic acids is 1. The molecule has 0 aliphatic heterocycles. The number of carboxylic acids is 2. The van der Waals surface area contributed by atoms with Crippen LogP contribution in [-0.2, 0) is 11.3 Å². The highest BCUT2D eigenvalue weighted by Gasteiger charge is 2.15. The zero-order valence-electron chi connectivity index (χ0n) is 7.17. The van der Waals surface area contributed by atoms with Gasteiger partial charge in [-0.3, -0.25) is 0 Å². The third-order valence-corrected chi connectivity index (χ3v) is 1.60. The minimum Gasteiger partial charge on any atom is -0.477 e. The van der Waals surface area contributed by atoms with Crippen molar-refractivity contribution >= 4 is 17.6 Å². The summed E-state index contributed by atoms with van der Waals surface area (Å²) in [6.45, 7) is -0.291. The Morgan fingerprint density at radius 3 is 2.57 bits per heavy atom. The van der Waals surface area contributed by atoms with Crippen LogP contribution in [0.3, 0.4) is 0 Å². The molecule has 74 valence electrons. The van der Waals surface area contributed by atoms with Crippen LogP contribution < -0.4 is 10.3 Å². The first-order valence-electron chi connectivity index (χ1n) is 3.74. The Hall–Kier alpha value is -2.11. The first-order chi connectivity index (χ1) is 6.50. The molecule has 1 aromatic heterocycles. The number of anilines is 1. The van der Waals surface area contributed by atoms with Crippen molar-refractivity contribution in [1.82, 2.24) is 0 Å². The van der Waals surface area contributed by atoms with Crippen LogP contribution in [0.15, 0.2) is 18.5 Å². The van der Waals surface area contributed by atoms with E-state index in [0.717, 1.165) is 0 Å². The van der Waals surface area contributed by atoms with E-state index in [1.807, 2.05) is 0 Å². The number of rotatable bonds is 3. The lowest BCUT2D eigenvalue weighted by Crippen LogP contribution is -2.38. The molecular formula is C8H9N2O4+. The summed E-state index contributed by atoms with van der Waals surface area (Å²) in [6.07, 6.45) is 2.60. The van der Waals surface area contributed by atoms with Crippen molar-refractivity contribution in [2.75, 3.05) is 5.73 Å². The van der Waals surface area contributed by atoms with E-state index in [4.69, 9.17) is 15.9 Å². The summed E-state index contributed by atoms with van der Waals surface area (Å²) >= 11 is 0. The fourth-order valence-corrected chi connectivity index (χ4v) is 0.982. The summed E-state index contributed by atoms with van der Waals surface area (Å²) in [7, 11) is 0. The van der Waals surface area contributed by atoms with Gasteiger partial charge in [-0.1, -0.05) is 0 Å². The topological polar surface area (TPSA) is 105 Å². The summed E-state index contributed by atoms with van der Waals surface area (Å²) in [6, 6.07) is 1.35. The monoisotopic (exact) mass is 197 g/mol. The molecule has 0 bridgehead atoms. The molecule has 1 rings (SSSR count). The van der Waals surface area contributed by atoms with Crippen molar-refractivity contribution in [3.63, 3.8) is 0 Å². The molecule has 6 heteroatoms. The second kappa shape index (κ2) is 3.73. The Labute approximate surface area is 79.2 Å². The maximum Gasteiger partial charge on any atom is 0.370 e. The smallest absolute Gasteiger partial charge is 0.370 e. The van der Waals surface area contributed by atoms with Gasteiger partial charge >= 0.3 is 11.9 Å². The number of pyridine rings is 1. The minimum absolute atomic E-state index is 0.103. The lowest BCUT2D eigenvalue weighted by molar-refractivity contribution is -0.685. The summed E-state index contributed by atoms with van der Waals surface area (Å²) in [5.41, 5.74) is 5.39. The van der Waals surface area contributed by atoms with Crippen molar-refractivity contribution in [2.24, 2.45) is 0 Å². The van der Waals surface area contributed by atoms with E-state index in [-0.39, 0.29) is 17.8 Å². The second-order valence-corrected chi connectivity index (χ2v) is 2.69. The van der Waals surface area contributed by atoms with Crippen LogP contribution in [0.5, 0.6) is 0 Å². The van der Waals surface area contributed by atoms with Gasteiger partial charge < -0.3 is 15.9 Å². The fraction of sp³-hybridized carbons (Fsp3) is 0.125. The number of hydrogen-bond acceptors (Lipinski definition) is 3. The largest absolute Gasteiger partial charge is 0.477 e. The predicted octanol–water partition coefficient (Wildman–Crippen LogP) is -0.661. The SMILES string of the molecule is Nc1cc[n+](CC(=O)O)cc1C(=O)O. The van der Waals surface area contributed by atoms with Gasteiger partial charge in [-0.05, 0) is 0 Å². The first-order valence-corrected chi connectivity index (χ1v) is 3.74. The van der Waals surface area contributed by atoms with Crippen LogP contribution >= 0.6 is 0 Å². The lowest BCUT2D eigenvalue weighted by atomic mass is 10.2. The minimum atomic E-state index is -1.18. The zero-order chi connectivity index (χ0) is 10.7. The highest BCUT2D eigenvalue weighted by Crippen LogP contribution is 2.06. The van der Waals surface area contributed by atoms with Crippen molar-refractivity contribution in [1.29, 1.82) is 0 Å². The number of nitrogens with two attached hydrogens (primary N) is 1.